The van der Waals surface area contributed by atoms with Gasteiger partial charge < -0.3 is 19.2 Å². The van der Waals surface area contributed by atoms with Crippen molar-refractivity contribution >= 4 is 36.9 Å². The second-order valence-corrected chi connectivity index (χ2v) is 11.5. The van der Waals surface area contributed by atoms with Crippen LogP contribution in [-0.2, 0) is 13.9 Å². The molecule has 2 aromatic rings. The first-order valence-electron chi connectivity index (χ1n) is 12.3. The van der Waals surface area contributed by atoms with Gasteiger partial charge in [0.25, 0.3) is 0 Å². The lowest BCUT2D eigenvalue weighted by atomic mass is 9.94. The van der Waals surface area contributed by atoms with Crippen molar-refractivity contribution in [2.45, 2.75) is 13.3 Å². The van der Waals surface area contributed by atoms with E-state index in [4.69, 9.17) is 4.52 Å². The van der Waals surface area contributed by atoms with Crippen LogP contribution in [0, 0.1) is 0 Å². The van der Waals surface area contributed by atoms with Crippen LogP contribution < -0.4 is 9.80 Å². The highest BCUT2D eigenvalue weighted by Gasteiger charge is 2.27. The molecule has 7 nitrogen and oxygen atoms in total. The lowest BCUT2D eigenvalue weighted by molar-refractivity contribution is -0.113. The molecular formula is C28H38N3O4P. The van der Waals surface area contributed by atoms with E-state index in [1.807, 2.05) is 98.7 Å². The number of benzene rings is 2. The average molecular weight is 512 g/mol. The van der Waals surface area contributed by atoms with Gasteiger partial charge in [-0.15, -0.1) is 0 Å². The molecule has 0 amide bonds. The van der Waals surface area contributed by atoms with E-state index in [9.17, 15) is 14.3 Å². The first-order chi connectivity index (χ1) is 17.1. The highest BCUT2D eigenvalue weighted by molar-refractivity contribution is 7.52. The molecule has 1 N–H and O–H groups in total. The number of likely N-dealkylation sites (tertiary alicyclic amines) is 1. The summed E-state index contributed by atoms with van der Waals surface area (Å²) < 4.78 is 17.1. The number of carbonyl (C=O) groups excluding carboxylic acids is 1. The molecule has 1 saturated heterocycles. The van der Waals surface area contributed by atoms with Crippen LogP contribution in [0.1, 0.15) is 24.5 Å². The number of piperidine rings is 1. The lowest BCUT2D eigenvalue weighted by Crippen LogP contribution is -2.38. The minimum Gasteiger partial charge on any atom is -0.378 e. The summed E-state index contributed by atoms with van der Waals surface area (Å²) in [7, 11) is 4.41. The molecule has 2 aromatic carbocycles. The molecule has 36 heavy (non-hydrogen) atoms. The molecule has 1 aliphatic rings. The normalized spacial score (nSPS) is 18.4. The minimum atomic E-state index is -3.57. The third-order valence-corrected chi connectivity index (χ3v) is 7.66. The van der Waals surface area contributed by atoms with Gasteiger partial charge in [0.05, 0.1) is 12.8 Å². The second kappa shape index (κ2) is 12.5. The number of hydrogen-bond donors (Lipinski definition) is 1. The summed E-state index contributed by atoms with van der Waals surface area (Å²) in [5.74, 6) is 0.0433. The first kappa shape index (κ1) is 27.9. The van der Waals surface area contributed by atoms with Gasteiger partial charge in [0.1, 0.15) is 0 Å². The highest BCUT2D eigenvalue weighted by Crippen LogP contribution is 2.42. The van der Waals surface area contributed by atoms with Crippen LogP contribution in [0.15, 0.2) is 59.7 Å². The molecule has 8 heteroatoms. The third-order valence-electron chi connectivity index (χ3n) is 6.12. The summed E-state index contributed by atoms with van der Waals surface area (Å²) in [6, 6.07) is 16.2. The van der Waals surface area contributed by atoms with Crippen molar-refractivity contribution < 1.29 is 18.8 Å². The van der Waals surface area contributed by atoms with E-state index in [1.165, 1.54) is 0 Å². The fraction of sp³-hybridized carbons (Fsp3) is 0.393. The number of Topliss-reactive ketones (excluding diaryl/α,β-unsaturated/α-hetero) is 1. The molecule has 1 unspecified atom stereocenters. The van der Waals surface area contributed by atoms with Crippen LogP contribution >= 0.6 is 7.60 Å². The van der Waals surface area contributed by atoms with Gasteiger partial charge in [0.15, 0.2) is 5.78 Å². The second-order valence-electron chi connectivity index (χ2n) is 9.48. The summed E-state index contributed by atoms with van der Waals surface area (Å²) in [4.78, 5) is 29.6. The monoisotopic (exact) mass is 511 g/mol. The Morgan fingerprint density at radius 3 is 1.72 bits per heavy atom. The Morgan fingerprint density at radius 2 is 1.33 bits per heavy atom. The topological polar surface area (TPSA) is 73.3 Å². The number of hydrogen-bond acceptors (Lipinski definition) is 6. The van der Waals surface area contributed by atoms with Gasteiger partial charge in [0, 0.05) is 63.8 Å². The quantitative estimate of drug-likeness (QED) is 0.363. The van der Waals surface area contributed by atoms with Crippen molar-refractivity contribution in [2.24, 2.45) is 0 Å². The van der Waals surface area contributed by atoms with E-state index in [0.29, 0.717) is 37.2 Å². The standard InChI is InChI=1S/C28H38N3O4P/c1-6-35-36(33,34)17-7-16-31-20-24(18-22-8-12-26(13-9-22)29(2)3)28(32)25(21-31)19-23-10-14-27(15-11-23)30(4)5/h8-15,18-19H,6-7,16-17,20-21H2,1-5H3,(H,33,34)/b24-18+,25-19+. The number of ketones is 1. The summed E-state index contributed by atoms with van der Waals surface area (Å²) in [6.07, 6.45) is 4.51. The zero-order chi connectivity index (χ0) is 26.3. The van der Waals surface area contributed by atoms with Crippen LogP contribution in [0.5, 0.6) is 0 Å². The molecule has 0 spiro atoms. The van der Waals surface area contributed by atoms with Gasteiger partial charge in [-0.2, -0.15) is 0 Å². The number of carbonyl (C=O) groups is 1. The van der Waals surface area contributed by atoms with E-state index in [1.54, 1.807) is 6.92 Å². The number of anilines is 2. The summed E-state index contributed by atoms with van der Waals surface area (Å²) in [6.45, 7) is 3.51. The maximum atomic E-state index is 13.5. The van der Waals surface area contributed by atoms with E-state index < -0.39 is 7.60 Å². The average Bonchev–Trinajstić information content (AvgIpc) is 2.82. The molecule has 194 valence electrons. The van der Waals surface area contributed by atoms with Crippen LogP contribution in [-0.4, -0.2) is 76.2 Å². The van der Waals surface area contributed by atoms with Gasteiger partial charge in [-0.05, 0) is 67.4 Å². The molecule has 1 atom stereocenters. The summed E-state index contributed by atoms with van der Waals surface area (Å²) in [5.41, 5.74) is 5.56. The molecule has 1 fully saturated rings. The minimum absolute atomic E-state index is 0.0433. The van der Waals surface area contributed by atoms with Crippen LogP contribution in [0.4, 0.5) is 11.4 Å². The Bertz CT molecular complexity index is 1060. The van der Waals surface area contributed by atoms with Crippen LogP contribution in [0.2, 0.25) is 0 Å². The predicted molar refractivity (Wildman–Crippen MR) is 150 cm³/mol. The zero-order valence-electron chi connectivity index (χ0n) is 22.0. The van der Waals surface area contributed by atoms with Gasteiger partial charge >= 0.3 is 7.60 Å². The third kappa shape index (κ3) is 7.90. The Hall–Kier alpha value is -2.70. The number of rotatable bonds is 10. The van der Waals surface area contributed by atoms with Gasteiger partial charge in [-0.1, -0.05) is 24.3 Å². The Kier molecular flexibility index (Phi) is 9.69. The van der Waals surface area contributed by atoms with E-state index in [-0.39, 0.29) is 18.6 Å². The molecule has 0 aromatic heterocycles. The largest absolute Gasteiger partial charge is 0.378 e. The molecule has 0 radical (unpaired) electrons. The highest BCUT2D eigenvalue weighted by atomic mass is 31.2. The summed E-state index contributed by atoms with van der Waals surface area (Å²) in [5, 5.41) is 0. The van der Waals surface area contributed by atoms with Gasteiger partial charge in [-0.3, -0.25) is 14.3 Å². The van der Waals surface area contributed by atoms with Crippen molar-refractivity contribution in [3.05, 3.63) is 70.8 Å². The zero-order valence-corrected chi connectivity index (χ0v) is 22.9. The van der Waals surface area contributed by atoms with Crippen molar-refractivity contribution in [3.8, 4) is 0 Å². The molecule has 3 rings (SSSR count). The van der Waals surface area contributed by atoms with Gasteiger partial charge in [-0.25, -0.2) is 0 Å². The smallest absolute Gasteiger partial charge is 0.328 e. The Balaban J connectivity index is 1.85. The van der Waals surface area contributed by atoms with Crippen molar-refractivity contribution in [2.75, 3.05) is 70.4 Å². The lowest BCUT2D eigenvalue weighted by Gasteiger charge is -2.30. The Labute approximate surface area is 215 Å². The van der Waals surface area contributed by atoms with E-state index >= 15 is 0 Å². The molecule has 0 bridgehead atoms. The molecule has 1 heterocycles. The number of nitrogens with zero attached hydrogens (tertiary/aromatic N) is 3. The molecule has 0 aliphatic carbocycles. The molecule has 0 saturated carbocycles. The van der Waals surface area contributed by atoms with Crippen molar-refractivity contribution in [1.29, 1.82) is 0 Å². The maximum Gasteiger partial charge on any atom is 0.328 e. The van der Waals surface area contributed by atoms with Gasteiger partial charge in [0.2, 0.25) is 0 Å². The first-order valence-corrected chi connectivity index (χ1v) is 14.0. The fourth-order valence-corrected chi connectivity index (χ4v) is 5.24. The molecular weight excluding hydrogens is 473 g/mol. The fourth-order valence-electron chi connectivity index (χ4n) is 4.17. The molecule has 1 aliphatic heterocycles. The summed E-state index contributed by atoms with van der Waals surface area (Å²) >= 11 is 0. The van der Waals surface area contributed by atoms with Crippen LogP contribution in [0.3, 0.4) is 0 Å². The van der Waals surface area contributed by atoms with E-state index in [0.717, 1.165) is 22.5 Å². The SMILES string of the molecule is CCOP(=O)(O)CCCN1C/C(=C\c2ccc(N(C)C)cc2)C(=O)/C(=C/c2ccc(N(C)C)cc2)C1. The van der Waals surface area contributed by atoms with Crippen molar-refractivity contribution in [3.63, 3.8) is 0 Å². The predicted octanol–water partition coefficient (Wildman–Crippen LogP) is 4.78. The Morgan fingerprint density at radius 1 is 0.889 bits per heavy atom. The van der Waals surface area contributed by atoms with Crippen molar-refractivity contribution in [1.82, 2.24) is 4.90 Å². The maximum absolute atomic E-state index is 13.5. The van der Waals surface area contributed by atoms with E-state index in [2.05, 4.69) is 4.90 Å². The van der Waals surface area contributed by atoms with Crippen LogP contribution in [0.25, 0.3) is 12.2 Å².